The molecule has 0 bridgehead atoms. The first-order valence-electron chi connectivity index (χ1n) is 3.65. The van der Waals surface area contributed by atoms with Crippen LogP contribution in [0.3, 0.4) is 0 Å². The van der Waals surface area contributed by atoms with E-state index in [1.54, 1.807) is 0 Å². The SMILES string of the molecule is COC(=O)C(CC(C)C)NN. The number of hydrogen-bond donors (Lipinski definition) is 2. The van der Waals surface area contributed by atoms with Crippen molar-refractivity contribution in [1.82, 2.24) is 5.43 Å². The molecule has 0 aliphatic carbocycles. The van der Waals surface area contributed by atoms with Crippen molar-refractivity contribution in [3.05, 3.63) is 0 Å². The molecule has 0 radical (unpaired) electrons. The molecule has 1 atom stereocenters. The van der Waals surface area contributed by atoms with Crippen LogP contribution < -0.4 is 11.3 Å². The van der Waals surface area contributed by atoms with E-state index in [1.165, 1.54) is 7.11 Å². The first-order valence-corrected chi connectivity index (χ1v) is 3.65. The first-order chi connectivity index (χ1) is 5.11. The lowest BCUT2D eigenvalue weighted by atomic mass is 10.0. The molecule has 0 spiro atoms. The summed E-state index contributed by atoms with van der Waals surface area (Å²) < 4.78 is 4.52. The van der Waals surface area contributed by atoms with E-state index < -0.39 is 0 Å². The van der Waals surface area contributed by atoms with E-state index in [2.05, 4.69) is 10.2 Å². The third kappa shape index (κ3) is 3.95. The summed E-state index contributed by atoms with van der Waals surface area (Å²) in [6, 6.07) is -0.375. The molecule has 0 aromatic rings. The molecular weight excluding hydrogens is 144 g/mol. The smallest absolute Gasteiger partial charge is 0.324 e. The van der Waals surface area contributed by atoms with Crippen LogP contribution in [0.2, 0.25) is 0 Å². The van der Waals surface area contributed by atoms with Gasteiger partial charge in [-0.2, -0.15) is 0 Å². The van der Waals surface area contributed by atoms with Crippen molar-refractivity contribution in [2.45, 2.75) is 26.3 Å². The molecule has 0 saturated carbocycles. The van der Waals surface area contributed by atoms with Gasteiger partial charge in [0.05, 0.1) is 7.11 Å². The van der Waals surface area contributed by atoms with E-state index in [4.69, 9.17) is 5.84 Å². The van der Waals surface area contributed by atoms with Crippen LogP contribution in [0.5, 0.6) is 0 Å². The van der Waals surface area contributed by atoms with Gasteiger partial charge in [-0.25, -0.2) is 5.43 Å². The maximum Gasteiger partial charge on any atom is 0.324 e. The third-order valence-corrected chi connectivity index (χ3v) is 1.39. The molecule has 11 heavy (non-hydrogen) atoms. The predicted molar refractivity (Wildman–Crippen MR) is 42.6 cm³/mol. The summed E-state index contributed by atoms with van der Waals surface area (Å²) in [5, 5.41) is 0. The average Bonchev–Trinajstić information content (AvgIpc) is 1.98. The Hall–Kier alpha value is -0.610. The summed E-state index contributed by atoms with van der Waals surface area (Å²) in [4.78, 5) is 10.9. The second-order valence-corrected chi connectivity index (χ2v) is 2.87. The lowest BCUT2D eigenvalue weighted by molar-refractivity contribution is -0.143. The maximum atomic E-state index is 10.9. The summed E-state index contributed by atoms with van der Waals surface area (Å²) in [6.45, 7) is 4.04. The standard InChI is InChI=1S/C7H16N2O2/c1-5(2)4-6(9-8)7(10)11-3/h5-6,9H,4,8H2,1-3H3. The minimum absolute atomic E-state index is 0.304. The number of nitrogens with two attached hydrogens (primary N) is 1. The highest BCUT2D eigenvalue weighted by atomic mass is 16.5. The summed E-state index contributed by atoms with van der Waals surface area (Å²) in [5.41, 5.74) is 2.41. The van der Waals surface area contributed by atoms with Crippen LogP contribution in [0.4, 0.5) is 0 Å². The third-order valence-electron chi connectivity index (χ3n) is 1.39. The second kappa shape index (κ2) is 5.09. The van der Waals surface area contributed by atoms with Crippen molar-refractivity contribution in [3.63, 3.8) is 0 Å². The summed E-state index contributed by atoms with van der Waals surface area (Å²) in [5.74, 6) is 5.27. The van der Waals surface area contributed by atoms with Gasteiger partial charge >= 0.3 is 5.97 Å². The lowest BCUT2D eigenvalue weighted by Gasteiger charge is -2.14. The van der Waals surface area contributed by atoms with Crippen LogP contribution >= 0.6 is 0 Å². The highest BCUT2D eigenvalue weighted by Gasteiger charge is 2.17. The number of nitrogens with one attached hydrogen (secondary N) is 1. The highest BCUT2D eigenvalue weighted by Crippen LogP contribution is 2.04. The van der Waals surface area contributed by atoms with Gasteiger partial charge in [0.1, 0.15) is 6.04 Å². The van der Waals surface area contributed by atoms with Gasteiger partial charge in [0.15, 0.2) is 0 Å². The number of methoxy groups -OCH3 is 1. The molecule has 0 aromatic heterocycles. The monoisotopic (exact) mass is 160 g/mol. The molecule has 0 fully saturated rings. The van der Waals surface area contributed by atoms with Crippen LogP contribution in [0.1, 0.15) is 20.3 Å². The van der Waals surface area contributed by atoms with Gasteiger partial charge in [-0.3, -0.25) is 10.6 Å². The molecule has 0 amide bonds. The van der Waals surface area contributed by atoms with Crippen molar-refractivity contribution < 1.29 is 9.53 Å². The Morgan fingerprint density at radius 2 is 2.18 bits per heavy atom. The van der Waals surface area contributed by atoms with Crippen LogP contribution in [0.15, 0.2) is 0 Å². The van der Waals surface area contributed by atoms with Gasteiger partial charge in [0.25, 0.3) is 0 Å². The van der Waals surface area contributed by atoms with Crippen molar-refractivity contribution in [2.24, 2.45) is 11.8 Å². The zero-order valence-corrected chi connectivity index (χ0v) is 7.26. The van der Waals surface area contributed by atoms with Gasteiger partial charge in [-0.15, -0.1) is 0 Å². The van der Waals surface area contributed by atoms with Gasteiger partial charge < -0.3 is 4.74 Å². The Balaban J connectivity index is 3.84. The number of hydrazine groups is 1. The Morgan fingerprint density at radius 1 is 1.64 bits per heavy atom. The molecule has 3 N–H and O–H groups in total. The molecular formula is C7H16N2O2. The average molecular weight is 160 g/mol. The number of esters is 1. The van der Waals surface area contributed by atoms with Gasteiger partial charge in [-0.1, -0.05) is 13.8 Å². The van der Waals surface area contributed by atoms with Crippen molar-refractivity contribution >= 4 is 5.97 Å². The summed E-state index contributed by atoms with van der Waals surface area (Å²) in [7, 11) is 1.35. The Bertz CT molecular complexity index is 126. The fraction of sp³-hybridized carbons (Fsp3) is 0.857. The van der Waals surface area contributed by atoms with E-state index in [-0.39, 0.29) is 12.0 Å². The molecule has 0 aromatic carbocycles. The highest BCUT2D eigenvalue weighted by molar-refractivity contribution is 5.75. The predicted octanol–water partition coefficient (Wildman–Crippen LogP) is 0.0374. The number of rotatable bonds is 4. The van der Waals surface area contributed by atoms with Gasteiger partial charge in [0.2, 0.25) is 0 Å². The van der Waals surface area contributed by atoms with Crippen molar-refractivity contribution in [2.75, 3.05) is 7.11 Å². The number of hydrogen-bond acceptors (Lipinski definition) is 4. The molecule has 0 rings (SSSR count). The number of carbonyl (C=O) groups is 1. The molecule has 4 nitrogen and oxygen atoms in total. The fourth-order valence-electron chi connectivity index (χ4n) is 0.846. The van der Waals surface area contributed by atoms with Crippen LogP contribution in [0, 0.1) is 5.92 Å². The summed E-state index contributed by atoms with van der Waals surface area (Å²) >= 11 is 0. The van der Waals surface area contributed by atoms with E-state index in [9.17, 15) is 4.79 Å². The topological polar surface area (TPSA) is 64.3 Å². The quantitative estimate of drug-likeness (QED) is 0.346. The molecule has 1 unspecified atom stereocenters. The van der Waals surface area contributed by atoms with Crippen LogP contribution in [-0.4, -0.2) is 19.1 Å². The van der Waals surface area contributed by atoms with Crippen molar-refractivity contribution in [3.8, 4) is 0 Å². The number of ether oxygens (including phenoxy) is 1. The zero-order chi connectivity index (χ0) is 8.85. The number of carbonyl (C=O) groups excluding carboxylic acids is 1. The lowest BCUT2D eigenvalue weighted by Crippen LogP contribution is -2.42. The van der Waals surface area contributed by atoms with E-state index in [0.717, 1.165) is 0 Å². The molecule has 0 saturated heterocycles. The van der Waals surface area contributed by atoms with Gasteiger partial charge in [-0.05, 0) is 12.3 Å². The molecule has 0 heterocycles. The minimum Gasteiger partial charge on any atom is -0.468 e. The molecule has 66 valence electrons. The van der Waals surface area contributed by atoms with Crippen LogP contribution in [0.25, 0.3) is 0 Å². The first kappa shape index (κ1) is 10.4. The molecule has 4 heteroatoms. The molecule has 0 aliphatic rings. The van der Waals surface area contributed by atoms with Gasteiger partial charge in [0, 0.05) is 0 Å². The van der Waals surface area contributed by atoms with E-state index in [1.807, 2.05) is 13.8 Å². The normalized spacial score (nSPS) is 13.2. The van der Waals surface area contributed by atoms with Crippen molar-refractivity contribution in [1.29, 1.82) is 0 Å². The summed E-state index contributed by atoms with van der Waals surface area (Å²) in [6.07, 6.45) is 0.698. The van der Waals surface area contributed by atoms with Crippen LogP contribution in [-0.2, 0) is 9.53 Å². The van der Waals surface area contributed by atoms with E-state index >= 15 is 0 Å². The maximum absolute atomic E-state index is 10.9. The minimum atomic E-state index is -0.375. The van der Waals surface area contributed by atoms with E-state index in [0.29, 0.717) is 12.3 Å². The molecule has 0 aliphatic heterocycles. The Labute approximate surface area is 67.1 Å². The Kier molecular flexibility index (Phi) is 4.81. The largest absolute Gasteiger partial charge is 0.468 e. The second-order valence-electron chi connectivity index (χ2n) is 2.87. The Morgan fingerprint density at radius 3 is 2.45 bits per heavy atom. The fourth-order valence-corrected chi connectivity index (χ4v) is 0.846. The zero-order valence-electron chi connectivity index (χ0n) is 7.26.